The van der Waals surface area contributed by atoms with Crippen LogP contribution in [0.2, 0.25) is 5.02 Å². The summed E-state index contributed by atoms with van der Waals surface area (Å²) >= 11 is 6.63. The Balaban J connectivity index is 0.827. The number of piperidine rings is 1. The van der Waals surface area contributed by atoms with E-state index in [1.807, 2.05) is 0 Å². The summed E-state index contributed by atoms with van der Waals surface area (Å²) in [6, 6.07) is 17.2. The third-order valence-corrected chi connectivity index (χ3v) is 10.6. The molecule has 338 valence electrons. The summed E-state index contributed by atoms with van der Waals surface area (Å²) in [4.78, 5) is 88.5. The molecule has 7 rings (SSSR count). The van der Waals surface area contributed by atoms with Gasteiger partial charge in [0.15, 0.2) is 5.43 Å². The third-order valence-electron chi connectivity index (χ3n) is 10.3. The molecule has 19 heteroatoms. The second-order valence-corrected chi connectivity index (χ2v) is 15.0. The van der Waals surface area contributed by atoms with Gasteiger partial charge < -0.3 is 44.3 Å². The van der Waals surface area contributed by atoms with Crippen LogP contribution in [0.1, 0.15) is 61.2 Å². The number of benzene rings is 4. The monoisotopic (exact) mass is 910 g/mol. The van der Waals surface area contributed by atoms with Gasteiger partial charge in [-0.05, 0) is 73.5 Å². The van der Waals surface area contributed by atoms with E-state index in [9.17, 15) is 33.6 Å². The fourth-order valence-electron chi connectivity index (χ4n) is 7.24. The molecule has 3 heterocycles. The summed E-state index contributed by atoms with van der Waals surface area (Å²) < 4.78 is 40.3. The summed E-state index contributed by atoms with van der Waals surface area (Å²) in [5.74, 6) is -2.73. The molecular weight excluding hydrogens is 868 g/mol. The average Bonchev–Trinajstić information content (AvgIpc) is 3.53. The predicted molar refractivity (Wildman–Crippen MR) is 233 cm³/mol. The Morgan fingerprint density at radius 2 is 1.38 bits per heavy atom. The molecular formula is C46H43ClN4O14. The number of rotatable bonds is 21. The number of amides is 6. The first-order chi connectivity index (χ1) is 31.3. The predicted octanol–water partition coefficient (Wildman–Crippen LogP) is 4.29. The van der Waals surface area contributed by atoms with E-state index in [1.165, 1.54) is 30.3 Å². The van der Waals surface area contributed by atoms with Gasteiger partial charge in [-0.3, -0.25) is 43.8 Å². The van der Waals surface area contributed by atoms with Crippen LogP contribution in [0, 0.1) is 0 Å². The minimum atomic E-state index is -1.07. The number of carbonyl (C=O) groups excluding carboxylic acids is 6. The van der Waals surface area contributed by atoms with Crippen molar-refractivity contribution < 1.29 is 61.6 Å². The standard InChI is InChI=1S/C46H43ClN4O14/c1-2-62-37-24-39-32(22-31(37)25-18-26(42(48)54)20-27(19-25)43(49)55)35(52)23-38(65-39)29-7-6-28(21-33(29)47)63-16-14-60-12-10-59-11-13-61-15-17-64-36-5-3-4-30-41(36)46(58)51(45(30)57)34-8-9-40(53)50-44(34)56/h3-7,18-24,34H,2,8-17H2,1H3,(H2,48,54)(H2,49,55)(H,50,53,56). The van der Waals surface area contributed by atoms with Gasteiger partial charge in [-0.1, -0.05) is 17.7 Å². The Morgan fingerprint density at radius 3 is 2.02 bits per heavy atom. The van der Waals surface area contributed by atoms with Crippen LogP contribution in [0.4, 0.5) is 0 Å². The molecule has 0 aliphatic carbocycles. The van der Waals surface area contributed by atoms with Crippen molar-refractivity contribution in [3.05, 3.63) is 110 Å². The van der Waals surface area contributed by atoms with E-state index in [-0.39, 0.29) is 114 Å². The Labute approximate surface area is 375 Å². The van der Waals surface area contributed by atoms with E-state index in [1.54, 1.807) is 49.4 Å². The number of ether oxygens (including phenoxy) is 6. The Bertz CT molecular complexity index is 2720. The van der Waals surface area contributed by atoms with Crippen LogP contribution in [-0.4, -0.2) is 106 Å². The van der Waals surface area contributed by atoms with Crippen LogP contribution in [0.15, 0.2) is 82.0 Å². The van der Waals surface area contributed by atoms with Crippen molar-refractivity contribution in [2.75, 3.05) is 59.5 Å². The minimum Gasteiger partial charge on any atom is -0.493 e. The zero-order chi connectivity index (χ0) is 46.2. The van der Waals surface area contributed by atoms with E-state index in [2.05, 4.69) is 5.32 Å². The van der Waals surface area contributed by atoms with Crippen molar-refractivity contribution in [3.8, 4) is 39.7 Å². The highest BCUT2D eigenvalue weighted by molar-refractivity contribution is 6.33. The average molecular weight is 911 g/mol. The number of halogens is 1. The number of fused-ring (bicyclic) bond motifs is 2. The number of primary amides is 2. The number of nitrogens with two attached hydrogens (primary N) is 2. The first-order valence-electron chi connectivity index (χ1n) is 20.5. The normalized spacial score (nSPS) is 14.7. The largest absolute Gasteiger partial charge is 0.493 e. The molecule has 0 radical (unpaired) electrons. The van der Waals surface area contributed by atoms with E-state index in [0.29, 0.717) is 41.4 Å². The van der Waals surface area contributed by atoms with Crippen molar-refractivity contribution in [2.45, 2.75) is 25.8 Å². The van der Waals surface area contributed by atoms with Gasteiger partial charge >= 0.3 is 0 Å². The van der Waals surface area contributed by atoms with E-state index < -0.39 is 41.5 Å². The molecule has 1 aromatic heterocycles. The summed E-state index contributed by atoms with van der Waals surface area (Å²) in [6.45, 7) is 3.95. The molecule has 6 amide bonds. The van der Waals surface area contributed by atoms with Gasteiger partial charge in [0.05, 0.1) is 67.8 Å². The van der Waals surface area contributed by atoms with E-state index >= 15 is 0 Å². The van der Waals surface area contributed by atoms with Crippen LogP contribution in [0.25, 0.3) is 33.4 Å². The highest BCUT2D eigenvalue weighted by Crippen LogP contribution is 2.38. The quantitative estimate of drug-likeness (QED) is 0.0686. The summed E-state index contributed by atoms with van der Waals surface area (Å²) in [7, 11) is 0. The summed E-state index contributed by atoms with van der Waals surface area (Å²) in [5.41, 5.74) is 12.4. The lowest BCUT2D eigenvalue weighted by Gasteiger charge is -2.27. The van der Waals surface area contributed by atoms with Gasteiger partial charge in [0.25, 0.3) is 11.8 Å². The molecule has 4 aromatic carbocycles. The molecule has 5 N–H and O–H groups in total. The van der Waals surface area contributed by atoms with Crippen LogP contribution in [-0.2, 0) is 23.8 Å². The first kappa shape index (κ1) is 45.9. The van der Waals surface area contributed by atoms with Gasteiger partial charge in [0, 0.05) is 40.8 Å². The van der Waals surface area contributed by atoms with Gasteiger partial charge in [-0.15, -0.1) is 0 Å². The molecule has 2 aliphatic rings. The molecule has 65 heavy (non-hydrogen) atoms. The maximum Gasteiger partial charge on any atom is 0.266 e. The highest BCUT2D eigenvalue weighted by atomic mass is 35.5. The smallest absolute Gasteiger partial charge is 0.266 e. The molecule has 0 saturated carbocycles. The van der Waals surface area contributed by atoms with E-state index in [4.69, 9.17) is 55.9 Å². The fraction of sp³-hybridized carbons (Fsp3) is 0.283. The van der Waals surface area contributed by atoms with Gasteiger partial charge in [-0.25, -0.2) is 0 Å². The van der Waals surface area contributed by atoms with Crippen LogP contribution in [0.5, 0.6) is 17.2 Å². The summed E-state index contributed by atoms with van der Waals surface area (Å²) in [5, 5.41) is 2.66. The Hall–Kier alpha value is -7.12. The summed E-state index contributed by atoms with van der Waals surface area (Å²) in [6.07, 6.45) is 0.0833. The van der Waals surface area contributed by atoms with Gasteiger partial charge in [0.2, 0.25) is 23.6 Å². The van der Waals surface area contributed by atoms with Gasteiger partial charge in [0.1, 0.15) is 47.8 Å². The van der Waals surface area contributed by atoms with E-state index in [0.717, 1.165) is 4.90 Å². The van der Waals surface area contributed by atoms with Gasteiger partial charge in [-0.2, -0.15) is 0 Å². The van der Waals surface area contributed by atoms with Crippen molar-refractivity contribution >= 4 is 58.0 Å². The van der Waals surface area contributed by atoms with Crippen LogP contribution in [0.3, 0.4) is 0 Å². The molecule has 1 fully saturated rings. The Morgan fingerprint density at radius 1 is 0.723 bits per heavy atom. The van der Waals surface area contributed by atoms with Crippen molar-refractivity contribution in [1.82, 2.24) is 10.2 Å². The van der Waals surface area contributed by atoms with Crippen molar-refractivity contribution in [1.29, 1.82) is 0 Å². The molecule has 18 nitrogen and oxygen atoms in total. The molecule has 0 spiro atoms. The maximum absolute atomic E-state index is 13.5. The van der Waals surface area contributed by atoms with Crippen LogP contribution >= 0.6 is 11.6 Å². The Kier molecular flexibility index (Phi) is 14.5. The molecule has 1 unspecified atom stereocenters. The SMILES string of the molecule is CCOc1cc2oc(-c3ccc(OCCOCCOCCOCCOc4cccc5c4C(=O)N(C4CCC(=O)NC4=O)C5=O)cc3Cl)cc(=O)c2cc1-c1cc(C(N)=O)cc(C(N)=O)c1. The molecule has 1 atom stereocenters. The number of hydrogen-bond acceptors (Lipinski definition) is 14. The molecule has 5 aromatic rings. The molecule has 2 aliphatic heterocycles. The second kappa shape index (κ2) is 20.6. The minimum absolute atomic E-state index is 0.0259. The zero-order valence-corrected chi connectivity index (χ0v) is 35.7. The van der Waals surface area contributed by atoms with Crippen molar-refractivity contribution in [2.24, 2.45) is 11.5 Å². The first-order valence-corrected chi connectivity index (χ1v) is 20.9. The topological polar surface area (TPSA) is 255 Å². The third kappa shape index (κ3) is 10.5. The number of nitrogens with zero attached hydrogens (tertiary/aromatic N) is 1. The lowest BCUT2D eigenvalue weighted by Crippen LogP contribution is -2.54. The lowest BCUT2D eigenvalue weighted by molar-refractivity contribution is -0.136. The second-order valence-electron chi connectivity index (χ2n) is 14.6. The number of imide groups is 2. The molecule has 1 saturated heterocycles. The molecule has 0 bridgehead atoms. The van der Waals surface area contributed by atoms with Crippen molar-refractivity contribution in [3.63, 3.8) is 0 Å². The van der Waals surface area contributed by atoms with Crippen LogP contribution < -0.4 is 36.4 Å². The number of carbonyl (C=O) groups is 6. The number of hydrogen-bond donors (Lipinski definition) is 3. The highest BCUT2D eigenvalue weighted by Gasteiger charge is 2.46. The number of nitrogens with one attached hydrogen (secondary N) is 1. The fourth-order valence-corrected chi connectivity index (χ4v) is 7.51. The zero-order valence-electron chi connectivity index (χ0n) is 35.0. The maximum atomic E-state index is 13.5. The lowest BCUT2D eigenvalue weighted by atomic mass is 9.97.